The molecule has 0 aliphatic carbocycles. The van der Waals surface area contributed by atoms with Gasteiger partial charge in [0.25, 0.3) is 5.91 Å². The molecule has 1 aliphatic rings. The van der Waals surface area contributed by atoms with Crippen LogP contribution in [-0.4, -0.2) is 28.4 Å². The Bertz CT molecular complexity index is 685. The Morgan fingerprint density at radius 3 is 2.70 bits per heavy atom. The lowest BCUT2D eigenvalue weighted by Gasteiger charge is -2.34. The monoisotopic (exact) mass is 330 g/mol. The van der Waals surface area contributed by atoms with Crippen molar-refractivity contribution in [1.82, 2.24) is 9.88 Å². The molecule has 1 saturated heterocycles. The van der Waals surface area contributed by atoms with E-state index in [4.69, 9.17) is 5.73 Å². The molecular weight excluding hydrogens is 312 g/mol. The maximum Gasteiger partial charge on any atom is 0.316 e. The highest BCUT2D eigenvalue weighted by atomic mass is 32.1. The minimum atomic E-state index is -0.621. The van der Waals surface area contributed by atoms with Crippen molar-refractivity contribution in [3.63, 3.8) is 0 Å². The molecule has 0 bridgehead atoms. The highest BCUT2D eigenvalue weighted by Crippen LogP contribution is 2.33. The summed E-state index contributed by atoms with van der Waals surface area (Å²) >= 11 is 1.59. The topological polar surface area (TPSA) is 88.3 Å². The molecule has 2 aromatic rings. The third-order valence-electron chi connectivity index (χ3n) is 3.90. The maximum atomic E-state index is 12.8. The van der Waals surface area contributed by atoms with Gasteiger partial charge in [-0.25, -0.2) is 9.78 Å². The molecule has 3 amide bonds. The number of thiazole rings is 1. The summed E-state index contributed by atoms with van der Waals surface area (Å²) in [5.74, 6) is -0.00414. The summed E-state index contributed by atoms with van der Waals surface area (Å²) in [6.45, 7) is 0.740. The molecule has 7 heteroatoms. The number of benzene rings is 1. The van der Waals surface area contributed by atoms with Gasteiger partial charge in [-0.2, -0.15) is 0 Å². The molecular formula is C16H18N4O2S. The van der Waals surface area contributed by atoms with E-state index in [1.165, 1.54) is 0 Å². The van der Waals surface area contributed by atoms with Crippen LogP contribution in [0.3, 0.4) is 0 Å². The lowest BCUT2D eigenvalue weighted by Crippen LogP contribution is -2.38. The second-order valence-corrected chi connectivity index (χ2v) is 6.37. The smallest absolute Gasteiger partial charge is 0.316 e. The molecule has 1 aromatic heterocycles. The molecule has 1 atom stereocenters. The predicted octanol–water partition coefficient (Wildman–Crippen LogP) is 3.00. The highest BCUT2D eigenvalue weighted by Gasteiger charge is 2.30. The summed E-state index contributed by atoms with van der Waals surface area (Å²) in [4.78, 5) is 29.9. The first-order chi connectivity index (χ1) is 11.1. The SMILES string of the molecule is NC(=O)Nc1ccc(C(=O)N2CCCCC2c2nccs2)cc1. The van der Waals surface area contributed by atoms with Gasteiger partial charge < -0.3 is 16.0 Å². The number of aromatic nitrogens is 1. The number of anilines is 1. The molecule has 0 radical (unpaired) electrons. The Kier molecular flexibility index (Phi) is 4.57. The number of hydrogen-bond donors (Lipinski definition) is 2. The molecule has 6 nitrogen and oxygen atoms in total. The number of likely N-dealkylation sites (tertiary alicyclic amines) is 1. The van der Waals surface area contributed by atoms with Crippen LogP contribution in [0.15, 0.2) is 35.8 Å². The normalized spacial score (nSPS) is 17.7. The van der Waals surface area contributed by atoms with Crippen LogP contribution in [-0.2, 0) is 0 Å². The Labute approximate surface area is 138 Å². The van der Waals surface area contributed by atoms with Crippen molar-refractivity contribution in [3.8, 4) is 0 Å². The largest absolute Gasteiger partial charge is 0.351 e. The third-order valence-corrected chi connectivity index (χ3v) is 4.78. The molecule has 3 rings (SSSR count). The van der Waals surface area contributed by atoms with E-state index in [1.807, 2.05) is 10.3 Å². The number of carbonyl (C=O) groups excluding carboxylic acids is 2. The van der Waals surface area contributed by atoms with E-state index < -0.39 is 6.03 Å². The summed E-state index contributed by atoms with van der Waals surface area (Å²) in [6, 6.07) is 6.21. The van der Waals surface area contributed by atoms with Gasteiger partial charge in [0, 0.05) is 29.4 Å². The molecule has 1 aliphatic heterocycles. The average Bonchev–Trinajstić information content (AvgIpc) is 3.09. The van der Waals surface area contributed by atoms with Crippen molar-refractivity contribution in [2.45, 2.75) is 25.3 Å². The molecule has 3 N–H and O–H groups in total. The van der Waals surface area contributed by atoms with E-state index in [0.717, 1.165) is 30.8 Å². The lowest BCUT2D eigenvalue weighted by molar-refractivity contribution is 0.0611. The Balaban J connectivity index is 1.79. The van der Waals surface area contributed by atoms with Crippen LogP contribution in [0.1, 0.15) is 40.7 Å². The molecule has 1 aromatic carbocycles. The van der Waals surface area contributed by atoms with Gasteiger partial charge >= 0.3 is 6.03 Å². The zero-order chi connectivity index (χ0) is 16.2. The fraction of sp³-hybridized carbons (Fsp3) is 0.312. The number of urea groups is 1. The van der Waals surface area contributed by atoms with Crippen molar-refractivity contribution in [2.75, 3.05) is 11.9 Å². The van der Waals surface area contributed by atoms with Crippen molar-refractivity contribution < 1.29 is 9.59 Å². The van der Waals surface area contributed by atoms with Crippen LogP contribution < -0.4 is 11.1 Å². The van der Waals surface area contributed by atoms with Crippen LogP contribution in [0.5, 0.6) is 0 Å². The summed E-state index contributed by atoms with van der Waals surface area (Å²) in [7, 11) is 0. The number of rotatable bonds is 3. The van der Waals surface area contributed by atoms with Crippen molar-refractivity contribution >= 4 is 29.0 Å². The van der Waals surface area contributed by atoms with E-state index in [-0.39, 0.29) is 11.9 Å². The molecule has 2 heterocycles. The van der Waals surface area contributed by atoms with E-state index in [2.05, 4.69) is 10.3 Å². The second kappa shape index (κ2) is 6.78. The van der Waals surface area contributed by atoms with Gasteiger partial charge in [0.1, 0.15) is 5.01 Å². The summed E-state index contributed by atoms with van der Waals surface area (Å²) < 4.78 is 0. The Morgan fingerprint density at radius 1 is 1.26 bits per heavy atom. The quantitative estimate of drug-likeness (QED) is 0.906. The van der Waals surface area contributed by atoms with Gasteiger partial charge in [0.15, 0.2) is 0 Å². The molecule has 0 spiro atoms. The number of amides is 3. The fourth-order valence-electron chi connectivity index (χ4n) is 2.83. The second-order valence-electron chi connectivity index (χ2n) is 5.45. The van der Waals surface area contributed by atoms with Crippen molar-refractivity contribution in [1.29, 1.82) is 0 Å². The fourth-order valence-corrected chi connectivity index (χ4v) is 3.62. The van der Waals surface area contributed by atoms with Gasteiger partial charge in [0.05, 0.1) is 6.04 Å². The first kappa shape index (κ1) is 15.5. The zero-order valence-electron chi connectivity index (χ0n) is 12.6. The third kappa shape index (κ3) is 3.50. The van der Waals surface area contributed by atoms with Gasteiger partial charge in [-0.1, -0.05) is 0 Å². The summed E-state index contributed by atoms with van der Waals surface area (Å²) in [5, 5.41) is 5.42. The van der Waals surface area contributed by atoms with Crippen LogP contribution in [0.4, 0.5) is 10.5 Å². The number of nitrogens with two attached hydrogens (primary N) is 1. The van der Waals surface area contributed by atoms with Crippen LogP contribution in [0.2, 0.25) is 0 Å². The van der Waals surface area contributed by atoms with Gasteiger partial charge in [-0.15, -0.1) is 11.3 Å². The summed E-state index contributed by atoms with van der Waals surface area (Å²) in [6.07, 6.45) is 4.84. The molecule has 1 fully saturated rings. The number of hydrogen-bond acceptors (Lipinski definition) is 4. The first-order valence-electron chi connectivity index (χ1n) is 7.52. The minimum Gasteiger partial charge on any atom is -0.351 e. The Morgan fingerprint density at radius 2 is 2.04 bits per heavy atom. The van der Waals surface area contributed by atoms with Gasteiger partial charge in [0.2, 0.25) is 0 Å². The van der Waals surface area contributed by atoms with Crippen LogP contribution in [0, 0.1) is 0 Å². The number of primary amides is 1. The van der Waals surface area contributed by atoms with E-state index in [0.29, 0.717) is 11.3 Å². The van der Waals surface area contributed by atoms with Gasteiger partial charge in [-0.05, 0) is 43.5 Å². The molecule has 120 valence electrons. The first-order valence-corrected chi connectivity index (χ1v) is 8.40. The molecule has 0 saturated carbocycles. The van der Waals surface area contributed by atoms with Gasteiger partial charge in [-0.3, -0.25) is 4.79 Å². The zero-order valence-corrected chi connectivity index (χ0v) is 13.4. The van der Waals surface area contributed by atoms with Crippen LogP contribution >= 0.6 is 11.3 Å². The number of nitrogens with one attached hydrogen (secondary N) is 1. The van der Waals surface area contributed by atoms with E-state index in [1.54, 1.807) is 41.8 Å². The van der Waals surface area contributed by atoms with Crippen LogP contribution in [0.25, 0.3) is 0 Å². The Hall–Kier alpha value is -2.41. The number of nitrogens with zero attached hydrogens (tertiary/aromatic N) is 2. The minimum absolute atomic E-state index is 0.00414. The highest BCUT2D eigenvalue weighted by molar-refractivity contribution is 7.09. The standard InChI is InChI=1S/C16H18N4O2S/c17-16(22)19-12-6-4-11(5-7-12)15(21)20-9-2-1-3-13(20)14-18-8-10-23-14/h4-8,10,13H,1-3,9H2,(H3,17,19,22). The number of piperidine rings is 1. The summed E-state index contributed by atoms with van der Waals surface area (Å²) in [5.41, 5.74) is 6.25. The average molecular weight is 330 g/mol. The maximum absolute atomic E-state index is 12.8. The molecule has 1 unspecified atom stereocenters. The van der Waals surface area contributed by atoms with E-state index >= 15 is 0 Å². The molecule has 23 heavy (non-hydrogen) atoms. The van der Waals surface area contributed by atoms with Crippen molar-refractivity contribution in [3.05, 3.63) is 46.4 Å². The predicted molar refractivity (Wildman–Crippen MR) is 89.4 cm³/mol. The lowest BCUT2D eigenvalue weighted by atomic mass is 10.0. The number of carbonyl (C=O) groups is 2. The van der Waals surface area contributed by atoms with E-state index in [9.17, 15) is 9.59 Å². The van der Waals surface area contributed by atoms with Crippen molar-refractivity contribution in [2.24, 2.45) is 5.73 Å².